The van der Waals surface area contributed by atoms with Crippen molar-refractivity contribution >= 4 is 32.9 Å². The Bertz CT molecular complexity index is 1050. The third kappa shape index (κ3) is 5.07. The number of carbonyl (C=O) groups is 1. The van der Waals surface area contributed by atoms with E-state index in [-0.39, 0.29) is 5.92 Å². The predicted octanol–water partition coefficient (Wildman–Crippen LogP) is 5.65. The molecule has 0 radical (unpaired) electrons. The van der Waals surface area contributed by atoms with Crippen LogP contribution in [0.4, 0.5) is 0 Å². The minimum Gasteiger partial charge on any atom is -0.343 e. The van der Waals surface area contributed by atoms with E-state index in [0.29, 0.717) is 5.91 Å². The summed E-state index contributed by atoms with van der Waals surface area (Å²) in [6.45, 7) is 8.51. The van der Waals surface area contributed by atoms with Crippen molar-refractivity contribution in [3.63, 3.8) is 0 Å². The fraction of sp³-hybridized carbons (Fsp3) is 0.462. The van der Waals surface area contributed by atoms with E-state index in [1.165, 1.54) is 0 Å². The molecule has 0 aliphatic carbocycles. The summed E-state index contributed by atoms with van der Waals surface area (Å²) in [6, 6.07) is 16.7. The number of likely N-dealkylation sites (tertiary alicyclic amines) is 1. The van der Waals surface area contributed by atoms with Crippen molar-refractivity contribution < 1.29 is 4.79 Å². The van der Waals surface area contributed by atoms with Crippen molar-refractivity contribution in [3.05, 3.63) is 58.8 Å². The molecular formula is C26H33BrN4O. The Morgan fingerprint density at radius 2 is 1.94 bits per heavy atom. The Hall–Kier alpha value is -2.18. The number of benzene rings is 2. The number of unbranched alkanes of at least 4 members (excludes halogenated alkanes) is 1. The van der Waals surface area contributed by atoms with Crippen molar-refractivity contribution in [2.45, 2.75) is 46.1 Å². The van der Waals surface area contributed by atoms with Gasteiger partial charge in [-0.15, -0.1) is 0 Å². The van der Waals surface area contributed by atoms with Gasteiger partial charge in [0.15, 0.2) is 0 Å². The minimum absolute atomic E-state index is 0.0889. The number of nitrogens with zero attached hydrogens (tertiary/aromatic N) is 4. The maximum absolute atomic E-state index is 13.2. The van der Waals surface area contributed by atoms with E-state index >= 15 is 0 Å². The summed E-state index contributed by atoms with van der Waals surface area (Å²) in [5.41, 5.74) is 3.23. The highest BCUT2D eigenvalue weighted by molar-refractivity contribution is 9.10. The fourth-order valence-electron chi connectivity index (χ4n) is 4.69. The third-order valence-electron chi connectivity index (χ3n) is 6.41. The monoisotopic (exact) mass is 496 g/mol. The molecule has 1 saturated heterocycles. The number of halogens is 1. The summed E-state index contributed by atoms with van der Waals surface area (Å²) in [5, 5.41) is 0. The van der Waals surface area contributed by atoms with Crippen LogP contribution in [0, 0.1) is 5.92 Å². The number of carbonyl (C=O) groups excluding carboxylic acids is 1. The molecule has 4 rings (SSSR count). The second kappa shape index (κ2) is 10.6. The molecule has 0 unspecified atom stereocenters. The first-order valence-corrected chi connectivity index (χ1v) is 12.6. The van der Waals surface area contributed by atoms with E-state index in [4.69, 9.17) is 4.98 Å². The maximum Gasteiger partial charge on any atom is 0.226 e. The van der Waals surface area contributed by atoms with Crippen LogP contribution in [-0.4, -0.2) is 51.4 Å². The molecule has 3 aromatic rings. The molecule has 1 amide bonds. The molecule has 1 atom stereocenters. The molecule has 2 heterocycles. The van der Waals surface area contributed by atoms with Crippen molar-refractivity contribution in [1.82, 2.24) is 19.4 Å². The van der Waals surface area contributed by atoms with Crippen LogP contribution in [0.25, 0.3) is 16.7 Å². The van der Waals surface area contributed by atoms with Gasteiger partial charge in [-0.2, -0.15) is 0 Å². The Balaban J connectivity index is 1.56. The number of hydrogen-bond donors (Lipinski definition) is 0. The summed E-state index contributed by atoms with van der Waals surface area (Å²) in [6.07, 6.45) is 4.24. The molecule has 1 aliphatic heterocycles. The van der Waals surface area contributed by atoms with Gasteiger partial charge in [-0.3, -0.25) is 14.3 Å². The highest BCUT2D eigenvalue weighted by Gasteiger charge is 2.29. The molecule has 6 heteroatoms. The zero-order valence-corrected chi connectivity index (χ0v) is 20.7. The molecule has 1 fully saturated rings. The topological polar surface area (TPSA) is 41.4 Å². The molecule has 1 aromatic heterocycles. The van der Waals surface area contributed by atoms with Crippen molar-refractivity contribution in [2.24, 2.45) is 5.92 Å². The summed E-state index contributed by atoms with van der Waals surface area (Å²) < 4.78 is 3.32. The van der Waals surface area contributed by atoms with Crippen molar-refractivity contribution in [1.29, 1.82) is 0 Å². The number of hydrogen-bond acceptors (Lipinski definition) is 3. The van der Waals surface area contributed by atoms with Gasteiger partial charge in [0.05, 0.1) is 23.5 Å². The number of rotatable bonds is 8. The molecule has 0 N–H and O–H groups in total. The van der Waals surface area contributed by atoms with E-state index in [9.17, 15) is 4.79 Å². The second-order valence-corrected chi connectivity index (χ2v) is 9.59. The van der Waals surface area contributed by atoms with Crippen LogP contribution in [0.1, 0.15) is 45.4 Å². The van der Waals surface area contributed by atoms with Crippen LogP contribution >= 0.6 is 15.9 Å². The standard InChI is InChI=1S/C26H33BrN4O/c1-3-5-17-30(4-2)26(32)20-9-8-16-29(18-20)19-25-28-23-10-6-7-11-24(23)31(25)22-14-12-21(27)13-15-22/h6-7,10-15,20H,3-5,8-9,16-19H2,1-2H3/t20-/m1/s1. The Labute approximate surface area is 199 Å². The quantitative estimate of drug-likeness (QED) is 0.404. The Morgan fingerprint density at radius 1 is 1.16 bits per heavy atom. The molecule has 170 valence electrons. The van der Waals surface area contributed by atoms with E-state index < -0.39 is 0 Å². The fourth-order valence-corrected chi connectivity index (χ4v) is 4.96. The summed E-state index contributed by atoms with van der Waals surface area (Å²) in [7, 11) is 0. The second-order valence-electron chi connectivity index (χ2n) is 8.67. The van der Waals surface area contributed by atoms with Gasteiger partial charge in [-0.05, 0) is 69.1 Å². The summed E-state index contributed by atoms with van der Waals surface area (Å²) >= 11 is 3.54. The predicted molar refractivity (Wildman–Crippen MR) is 134 cm³/mol. The van der Waals surface area contributed by atoms with Crippen LogP contribution in [0.5, 0.6) is 0 Å². The highest BCUT2D eigenvalue weighted by Crippen LogP contribution is 2.26. The third-order valence-corrected chi connectivity index (χ3v) is 6.94. The van der Waals surface area contributed by atoms with Gasteiger partial charge >= 0.3 is 0 Å². The van der Waals surface area contributed by atoms with Crippen molar-refractivity contribution in [2.75, 3.05) is 26.2 Å². The van der Waals surface area contributed by atoms with Gasteiger partial charge in [-0.25, -0.2) is 4.98 Å². The molecule has 5 nitrogen and oxygen atoms in total. The lowest BCUT2D eigenvalue weighted by molar-refractivity contribution is -0.137. The molecule has 1 aliphatic rings. The lowest BCUT2D eigenvalue weighted by Crippen LogP contribution is -2.45. The molecule has 2 aromatic carbocycles. The number of aromatic nitrogens is 2. The Kier molecular flexibility index (Phi) is 7.63. The summed E-state index contributed by atoms with van der Waals surface area (Å²) in [5.74, 6) is 1.44. The van der Waals surface area contributed by atoms with Crippen LogP contribution in [0.15, 0.2) is 53.0 Å². The van der Waals surface area contributed by atoms with Gasteiger partial charge in [0.25, 0.3) is 0 Å². The van der Waals surface area contributed by atoms with Crippen LogP contribution in [-0.2, 0) is 11.3 Å². The number of imidazole rings is 1. The van der Waals surface area contributed by atoms with Gasteiger partial charge in [-0.1, -0.05) is 41.4 Å². The number of amides is 1. The van der Waals surface area contributed by atoms with Gasteiger partial charge in [0, 0.05) is 29.8 Å². The van der Waals surface area contributed by atoms with Gasteiger partial charge in [0.1, 0.15) is 5.82 Å². The largest absolute Gasteiger partial charge is 0.343 e. The zero-order valence-electron chi connectivity index (χ0n) is 19.1. The first-order chi connectivity index (χ1) is 15.6. The van der Waals surface area contributed by atoms with Gasteiger partial charge < -0.3 is 4.90 Å². The van der Waals surface area contributed by atoms with E-state index in [1.54, 1.807) is 0 Å². The van der Waals surface area contributed by atoms with E-state index in [0.717, 1.165) is 85.4 Å². The average Bonchev–Trinajstić information content (AvgIpc) is 3.18. The van der Waals surface area contributed by atoms with E-state index in [1.807, 2.05) is 6.07 Å². The number of fused-ring (bicyclic) bond motifs is 1. The smallest absolute Gasteiger partial charge is 0.226 e. The first-order valence-electron chi connectivity index (χ1n) is 11.8. The summed E-state index contributed by atoms with van der Waals surface area (Å²) in [4.78, 5) is 22.6. The SMILES string of the molecule is CCCCN(CC)C(=O)[C@@H]1CCCN(Cc2nc3ccccc3n2-c2ccc(Br)cc2)C1. The minimum atomic E-state index is 0.0889. The first kappa shape index (κ1) is 23.0. The Morgan fingerprint density at radius 3 is 2.69 bits per heavy atom. The molecular weight excluding hydrogens is 464 g/mol. The van der Waals surface area contributed by atoms with Gasteiger partial charge in [0.2, 0.25) is 5.91 Å². The normalized spacial score (nSPS) is 17.0. The molecule has 0 spiro atoms. The lowest BCUT2D eigenvalue weighted by atomic mass is 9.96. The lowest BCUT2D eigenvalue weighted by Gasteiger charge is -2.34. The van der Waals surface area contributed by atoms with Crippen molar-refractivity contribution in [3.8, 4) is 5.69 Å². The van der Waals surface area contributed by atoms with E-state index in [2.05, 4.69) is 86.6 Å². The number of para-hydroxylation sites is 2. The molecule has 0 saturated carbocycles. The van der Waals surface area contributed by atoms with Crippen LogP contribution in [0.2, 0.25) is 0 Å². The average molecular weight is 497 g/mol. The maximum atomic E-state index is 13.2. The van der Waals surface area contributed by atoms with Crippen LogP contribution in [0.3, 0.4) is 0 Å². The highest BCUT2D eigenvalue weighted by atomic mass is 79.9. The van der Waals surface area contributed by atoms with Crippen LogP contribution < -0.4 is 0 Å². The molecule has 0 bridgehead atoms. The number of piperidine rings is 1. The zero-order chi connectivity index (χ0) is 22.5. The molecule has 32 heavy (non-hydrogen) atoms.